The van der Waals surface area contributed by atoms with Gasteiger partial charge < -0.3 is 0 Å². The van der Waals surface area contributed by atoms with Gasteiger partial charge in [-0.2, -0.15) is 5.10 Å². The van der Waals surface area contributed by atoms with E-state index in [4.69, 9.17) is 0 Å². The van der Waals surface area contributed by atoms with Gasteiger partial charge in [0.15, 0.2) is 0 Å². The Kier molecular flexibility index (Phi) is 1.62. The number of rotatable bonds is 0. The zero-order valence-electron chi connectivity index (χ0n) is 8.15. The van der Waals surface area contributed by atoms with Crippen molar-refractivity contribution >= 4 is 11.0 Å². The molecule has 0 saturated carbocycles. The predicted octanol–water partition coefficient (Wildman–Crippen LogP) is 2.19. The van der Waals surface area contributed by atoms with Gasteiger partial charge in [0.05, 0.1) is 17.3 Å². The van der Waals surface area contributed by atoms with E-state index in [1.165, 1.54) is 0 Å². The minimum Gasteiger partial charge on any atom is -0.258 e. The van der Waals surface area contributed by atoms with Gasteiger partial charge in [-0.1, -0.05) is 0 Å². The van der Waals surface area contributed by atoms with Crippen molar-refractivity contribution in [3.05, 3.63) is 24.5 Å². The molecule has 0 aromatic carbocycles. The fraction of sp³-hybridized carbons (Fsp3) is 0.400. The first-order chi connectivity index (χ1) is 6.09. The van der Waals surface area contributed by atoms with E-state index in [2.05, 4.69) is 30.9 Å². The second-order valence-electron chi connectivity index (χ2n) is 4.13. The minimum absolute atomic E-state index is 0.0186. The molecule has 0 aliphatic heterocycles. The summed E-state index contributed by atoms with van der Waals surface area (Å²) < 4.78 is 2.00. The first-order valence-electron chi connectivity index (χ1n) is 4.38. The third kappa shape index (κ3) is 1.30. The summed E-state index contributed by atoms with van der Waals surface area (Å²) in [5.41, 5.74) is 2.07. The highest BCUT2D eigenvalue weighted by atomic mass is 15.3. The quantitative estimate of drug-likeness (QED) is 0.614. The van der Waals surface area contributed by atoms with E-state index in [9.17, 15) is 0 Å². The molecule has 0 atom stereocenters. The van der Waals surface area contributed by atoms with Crippen LogP contribution in [0, 0.1) is 0 Å². The maximum atomic E-state index is 4.32. The lowest BCUT2D eigenvalue weighted by atomic mass is 10.1. The molecule has 2 rings (SSSR count). The predicted molar refractivity (Wildman–Crippen MR) is 52.5 cm³/mol. The molecule has 0 unspecified atom stereocenters. The lowest BCUT2D eigenvalue weighted by molar-refractivity contribution is 0.368. The summed E-state index contributed by atoms with van der Waals surface area (Å²) in [4.78, 5) is 4.23. The molecular formula is C10H13N3. The lowest BCUT2D eigenvalue weighted by Gasteiger charge is -2.20. The summed E-state index contributed by atoms with van der Waals surface area (Å²) in [5.74, 6) is 0. The van der Waals surface area contributed by atoms with Gasteiger partial charge in [-0.05, 0) is 32.9 Å². The van der Waals surface area contributed by atoms with Crippen LogP contribution >= 0.6 is 0 Å². The Morgan fingerprint density at radius 1 is 1.31 bits per heavy atom. The highest BCUT2D eigenvalue weighted by Crippen LogP contribution is 2.19. The minimum atomic E-state index is 0.0186. The Morgan fingerprint density at radius 2 is 2.08 bits per heavy atom. The SMILES string of the molecule is CC(C)(C)n1ncc2ncccc21. The van der Waals surface area contributed by atoms with E-state index < -0.39 is 0 Å². The molecular weight excluding hydrogens is 162 g/mol. The molecule has 2 heterocycles. The Hall–Kier alpha value is -1.38. The Bertz CT molecular complexity index is 423. The molecule has 3 nitrogen and oxygen atoms in total. The number of hydrogen-bond acceptors (Lipinski definition) is 2. The van der Waals surface area contributed by atoms with E-state index >= 15 is 0 Å². The maximum absolute atomic E-state index is 4.32. The van der Waals surface area contributed by atoms with Crippen LogP contribution in [0.3, 0.4) is 0 Å². The number of nitrogens with zero attached hydrogens (tertiary/aromatic N) is 3. The van der Waals surface area contributed by atoms with E-state index in [-0.39, 0.29) is 5.54 Å². The summed E-state index contributed by atoms with van der Waals surface area (Å²) in [5, 5.41) is 4.32. The largest absolute Gasteiger partial charge is 0.258 e. The lowest BCUT2D eigenvalue weighted by Crippen LogP contribution is -2.22. The summed E-state index contributed by atoms with van der Waals surface area (Å²) in [7, 11) is 0. The fourth-order valence-electron chi connectivity index (χ4n) is 1.40. The number of pyridine rings is 1. The van der Waals surface area contributed by atoms with E-state index in [1.807, 2.05) is 16.8 Å². The monoisotopic (exact) mass is 175 g/mol. The van der Waals surface area contributed by atoms with Gasteiger partial charge in [-0.3, -0.25) is 9.67 Å². The van der Waals surface area contributed by atoms with Gasteiger partial charge >= 0.3 is 0 Å². The molecule has 2 aromatic heterocycles. The zero-order valence-corrected chi connectivity index (χ0v) is 8.15. The first-order valence-corrected chi connectivity index (χ1v) is 4.38. The molecule has 0 spiro atoms. The van der Waals surface area contributed by atoms with Crippen molar-refractivity contribution in [1.82, 2.24) is 14.8 Å². The van der Waals surface area contributed by atoms with Crippen molar-refractivity contribution in [3.63, 3.8) is 0 Å². The standard InChI is InChI=1S/C10H13N3/c1-10(2,3)13-9-5-4-6-11-8(9)7-12-13/h4-7H,1-3H3. The van der Waals surface area contributed by atoms with Crippen molar-refractivity contribution < 1.29 is 0 Å². The van der Waals surface area contributed by atoms with Crippen LogP contribution in [0.1, 0.15) is 20.8 Å². The number of fused-ring (bicyclic) bond motifs is 1. The second-order valence-corrected chi connectivity index (χ2v) is 4.13. The molecule has 0 aliphatic rings. The molecule has 3 heteroatoms. The molecule has 0 amide bonds. The van der Waals surface area contributed by atoms with Crippen molar-refractivity contribution in [2.24, 2.45) is 0 Å². The van der Waals surface area contributed by atoms with Gasteiger partial charge in [0.25, 0.3) is 0 Å². The normalized spacial score (nSPS) is 12.2. The van der Waals surface area contributed by atoms with Gasteiger partial charge in [-0.15, -0.1) is 0 Å². The maximum Gasteiger partial charge on any atom is 0.108 e. The van der Waals surface area contributed by atoms with Gasteiger partial charge in [0.1, 0.15) is 5.52 Å². The molecule has 0 fully saturated rings. The van der Waals surface area contributed by atoms with Gasteiger partial charge in [0, 0.05) is 6.20 Å². The Morgan fingerprint density at radius 3 is 2.77 bits per heavy atom. The van der Waals surface area contributed by atoms with Crippen molar-refractivity contribution in [2.75, 3.05) is 0 Å². The Labute approximate surface area is 77.4 Å². The van der Waals surface area contributed by atoms with Crippen molar-refractivity contribution in [3.8, 4) is 0 Å². The van der Waals surface area contributed by atoms with Crippen LogP contribution in [0.15, 0.2) is 24.5 Å². The zero-order chi connectivity index (χ0) is 9.47. The molecule has 68 valence electrons. The summed E-state index contributed by atoms with van der Waals surface area (Å²) in [6.45, 7) is 6.39. The number of aromatic nitrogens is 3. The van der Waals surface area contributed by atoms with Crippen LogP contribution in [0.4, 0.5) is 0 Å². The first kappa shape index (κ1) is 8.23. The average Bonchev–Trinajstić information content (AvgIpc) is 2.45. The highest BCUT2D eigenvalue weighted by Gasteiger charge is 2.16. The van der Waals surface area contributed by atoms with Crippen LogP contribution in [0.5, 0.6) is 0 Å². The summed E-state index contributed by atoms with van der Waals surface area (Å²) in [6, 6.07) is 3.98. The van der Waals surface area contributed by atoms with E-state index in [0.717, 1.165) is 11.0 Å². The molecule has 0 bridgehead atoms. The molecule has 0 aliphatic carbocycles. The van der Waals surface area contributed by atoms with Gasteiger partial charge in [0.2, 0.25) is 0 Å². The molecule has 13 heavy (non-hydrogen) atoms. The molecule has 2 aromatic rings. The second kappa shape index (κ2) is 2.55. The van der Waals surface area contributed by atoms with Crippen LogP contribution in [0.25, 0.3) is 11.0 Å². The van der Waals surface area contributed by atoms with Crippen molar-refractivity contribution in [1.29, 1.82) is 0 Å². The van der Waals surface area contributed by atoms with Crippen LogP contribution < -0.4 is 0 Å². The third-order valence-corrected chi connectivity index (χ3v) is 1.98. The van der Waals surface area contributed by atoms with Crippen LogP contribution in [0.2, 0.25) is 0 Å². The topological polar surface area (TPSA) is 30.7 Å². The Balaban J connectivity index is 2.72. The van der Waals surface area contributed by atoms with E-state index in [1.54, 1.807) is 12.4 Å². The molecule has 0 radical (unpaired) electrons. The average molecular weight is 175 g/mol. The van der Waals surface area contributed by atoms with Crippen molar-refractivity contribution in [2.45, 2.75) is 26.3 Å². The van der Waals surface area contributed by atoms with Crippen LogP contribution in [-0.4, -0.2) is 14.8 Å². The highest BCUT2D eigenvalue weighted by molar-refractivity contribution is 5.73. The van der Waals surface area contributed by atoms with Crippen LogP contribution in [-0.2, 0) is 5.54 Å². The smallest absolute Gasteiger partial charge is 0.108 e. The molecule has 0 N–H and O–H groups in total. The molecule has 0 saturated heterocycles. The van der Waals surface area contributed by atoms with Gasteiger partial charge in [-0.25, -0.2) is 0 Å². The summed E-state index contributed by atoms with van der Waals surface area (Å²) >= 11 is 0. The fourth-order valence-corrected chi connectivity index (χ4v) is 1.40. The third-order valence-electron chi connectivity index (χ3n) is 1.98. The summed E-state index contributed by atoms with van der Waals surface area (Å²) in [6.07, 6.45) is 3.59. The van der Waals surface area contributed by atoms with E-state index in [0.29, 0.717) is 0 Å². The number of hydrogen-bond donors (Lipinski definition) is 0.